The highest BCUT2D eigenvalue weighted by molar-refractivity contribution is 7.89. The van der Waals surface area contributed by atoms with E-state index < -0.39 is 15.6 Å². The molecule has 122 valence electrons. The van der Waals surface area contributed by atoms with Crippen LogP contribution in [-0.2, 0) is 15.6 Å². The fraction of sp³-hybridized carbons (Fsp3) is 0.267. The Bertz CT molecular complexity index is 927. The maximum Gasteiger partial charge on any atom is 0.213 e. The van der Waals surface area contributed by atoms with Crippen LogP contribution in [0.3, 0.4) is 0 Å². The van der Waals surface area contributed by atoms with Crippen molar-refractivity contribution in [1.82, 2.24) is 14.5 Å². The smallest absolute Gasteiger partial charge is 0.213 e. The lowest BCUT2D eigenvalue weighted by Gasteiger charge is -2.22. The van der Waals surface area contributed by atoms with Gasteiger partial charge in [-0.05, 0) is 32.2 Å². The molecule has 0 amide bonds. The number of sulfonamides is 1. The Morgan fingerprint density at radius 1 is 1.35 bits per heavy atom. The van der Waals surface area contributed by atoms with Crippen molar-refractivity contribution in [1.29, 1.82) is 0 Å². The molecule has 3 N–H and O–H groups in total. The van der Waals surface area contributed by atoms with E-state index in [1.54, 1.807) is 13.1 Å². The summed E-state index contributed by atoms with van der Waals surface area (Å²) in [5.41, 5.74) is 7.19. The number of thiophene rings is 1. The lowest BCUT2D eigenvalue weighted by atomic mass is 10.1. The summed E-state index contributed by atoms with van der Waals surface area (Å²) in [6.45, 7) is 1.73. The van der Waals surface area contributed by atoms with Crippen LogP contribution in [0.2, 0.25) is 0 Å². The van der Waals surface area contributed by atoms with Crippen LogP contribution in [0.25, 0.3) is 15.9 Å². The number of nitrogens with zero attached hydrogens (tertiary/aromatic N) is 2. The first-order valence-electron chi connectivity index (χ1n) is 7.06. The van der Waals surface area contributed by atoms with Crippen molar-refractivity contribution in [3.63, 3.8) is 0 Å². The Balaban J connectivity index is 2.03. The molecule has 3 aromatic rings. The van der Waals surface area contributed by atoms with Crippen LogP contribution in [0.5, 0.6) is 0 Å². The summed E-state index contributed by atoms with van der Waals surface area (Å²) < 4.78 is 28.8. The van der Waals surface area contributed by atoms with E-state index in [4.69, 9.17) is 5.73 Å². The van der Waals surface area contributed by atoms with Gasteiger partial charge in [0.05, 0.1) is 33.4 Å². The molecule has 23 heavy (non-hydrogen) atoms. The van der Waals surface area contributed by atoms with E-state index in [2.05, 4.69) is 9.82 Å². The van der Waals surface area contributed by atoms with E-state index in [0.717, 1.165) is 20.8 Å². The summed E-state index contributed by atoms with van der Waals surface area (Å²) in [5, 5.41) is 4.40. The average molecular weight is 350 g/mol. The first-order chi connectivity index (χ1) is 10.8. The zero-order chi connectivity index (χ0) is 16.7. The highest BCUT2D eigenvalue weighted by atomic mass is 32.2. The Morgan fingerprint density at radius 3 is 2.70 bits per heavy atom. The van der Waals surface area contributed by atoms with Crippen LogP contribution >= 0.6 is 11.3 Å². The van der Waals surface area contributed by atoms with E-state index in [1.165, 1.54) is 18.4 Å². The lowest BCUT2D eigenvalue weighted by Crippen LogP contribution is -2.42. The first kappa shape index (κ1) is 16.1. The molecule has 1 atom stereocenters. The lowest BCUT2D eigenvalue weighted by molar-refractivity contribution is 0.531. The second-order valence-electron chi connectivity index (χ2n) is 5.63. The molecule has 1 unspecified atom stereocenters. The van der Waals surface area contributed by atoms with Gasteiger partial charge in [0.2, 0.25) is 10.0 Å². The van der Waals surface area contributed by atoms with Crippen LogP contribution in [0, 0.1) is 0 Å². The molecule has 8 heteroatoms. The normalized spacial score (nSPS) is 14.9. The van der Waals surface area contributed by atoms with E-state index in [0.29, 0.717) is 0 Å². The molecule has 2 aromatic heterocycles. The summed E-state index contributed by atoms with van der Waals surface area (Å²) in [5.74, 6) is -0.168. The third-order valence-electron chi connectivity index (χ3n) is 3.62. The molecule has 3 rings (SSSR count). The number of hydrogen-bond acceptors (Lipinski definition) is 5. The fourth-order valence-corrected chi connectivity index (χ4v) is 4.66. The molecular weight excluding hydrogens is 332 g/mol. The van der Waals surface area contributed by atoms with Crippen LogP contribution in [-0.4, -0.2) is 31.0 Å². The maximum atomic E-state index is 11.8. The Morgan fingerprint density at radius 2 is 2.04 bits per heavy atom. The molecule has 0 radical (unpaired) electrons. The van der Waals surface area contributed by atoms with Gasteiger partial charge in [-0.3, -0.25) is 0 Å². The predicted molar refractivity (Wildman–Crippen MR) is 93.3 cm³/mol. The second-order valence-corrected chi connectivity index (χ2v) is 8.64. The number of nitrogens with two attached hydrogens (primary N) is 1. The van der Waals surface area contributed by atoms with Gasteiger partial charge in [-0.2, -0.15) is 5.10 Å². The molecule has 1 aromatic carbocycles. The monoisotopic (exact) mass is 350 g/mol. The number of aromatic nitrogens is 2. The molecular formula is C15H18N4O2S2. The Hall–Kier alpha value is -1.74. The number of hydrogen-bond donors (Lipinski definition) is 2. The summed E-state index contributed by atoms with van der Waals surface area (Å²) >= 11 is 1.47. The second kappa shape index (κ2) is 5.72. The van der Waals surface area contributed by atoms with Gasteiger partial charge in [-0.25, -0.2) is 17.8 Å². The van der Waals surface area contributed by atoms with Crippen LogP contribution in [0.4, 0.5) is 0 Å². The molecule has 0 saturated carbocycles. The number of rotatable bonds is 5. The van der Waals surface area contributed by atoms with Gasteiger partial charge in [0.15, 0.2) is 0 Å². The van der Waals surface area contributed by atoms with Gasteiger partial charge in [-0.15, -0.1) is 11.3 Å². The van der Waals surface area contributed by atoms with Gasteiger partial charge in [-0.1, -0.05) is 18.2 Å². The van der Waals surface area contributed by atoms with Crippen LogP contribution < -0.4 is 10.5 Å². The van der Waals surface area contributed by atoms with Crippen molar-refractivity contribution in [2.45, 2.75) is 12.5 Å². The third kappa shape index (κ3) is 3.16. The minimum Gasteiger partial charge on any atom is -0.320 e. The van der Waals surface area contributed by atoms with Crippen molar-refractivity contribution in [2.75, 3.05) is 12.8 Å². The van der Waals surface area contributed by atoms with Crippen molar-refractivity contribution in [3.05, 3.63) is 47.5 Å². The fourth-order valence-electron chi connectivity index (χ4n) is 2.42. The summed E-state index contributed by atoms with van der Waals surface area (Å²) in [6, 6.07) is 11.7. The Kier molecular flexibility index (Phi) is 4.01. The number of para-hydroxylation sites is 1. The molecule has 0 aliphatic carbocycles. The standard InChI is InChI=1S/C15H18N4O2S2/c1-15(16,10-23(20,21)17-2)14-8-12-13(22-14)9-18-19(12)11-6-4-3-5-7-11/h3-9,17H,10,16H2,1-2H3. The summed E-state index contributed by atoms with van der Waals surface area (Å²) in [7, 11) is -2.01. The molecule has 0 saturated heterocycles. The third-order valence-corrected chi connectivity index (χ3v) is 6.56. The van der Waals surface area contributed by atoms with E-state index in [-0.39, 0.29) is 5.75 Å². The van der Waals surface area contributed by atoms with Gasteiger partial charge in [0, 0.05) is 4.88 Å². The van der Waals surface area contributed by atoms with Crippen LogP contribution in [0.15, 0.2) is 42.6 Å². The largest absolute Gasteiger partial charge is 0.320 e. The topological polar surface area (TPSA) is 90.0 Å². The quantitative estimate of drug-likeness (QED) is 0.734. The maximum absolute atomic E-state index is 11.8. The molecule has 0 aliphatic rings. The average Bonchev–Trinajstić information content (AvgIpc) is 3.07. The SMILES string of the molecule is CNS(=O)(=O)CC(C)(N)c1cc2c(cnn2-c2ccccc2)s1. The van der Waals surface area contributed by atoms with Gasteiger partial charge >= 0.3 is 0 Å². The highest BCUT2D eigenvalue weighted by Gasteiger charge is 2.30. The Labute approximate surface area is 139 Å². The first-order valence-corrected chi connectivity index (χ1v) is 9.53. The van der Waals surface area contributed by atoms with Gasteiger partial charge in [0.1, 0.15) is 0 Å². The molecule has 0 aliphatic heterocycles. The summed E-state index contributed by atoms with van der Waals surface area (Å²) in [6.07, 6.45) is 1.78. The van der Waals surface area contributed by atoms with Gasteiger partial charge < -0.3 is 5.73 Å². The molecule has 0 spiro atoms. The van der Waals surface area contributed by atoms with Crippen molar-refractivity contribution >= 4 is 31.6 Å². The van der Waals surface area contributed by atoms with E-state index in [9.17, 15) is 8.42 Å². The molecule has 2 heterocycles. The summed E-state index contributed by atoms with van der Waals surface area (Å²) in [4.78, 5) is 0.813. The minimum atomic E-state index is -3.40. The minimum absolute atomic E-state index is 0.168. The molecule has 0 fully saturated rings. The number of nitrogens with one attached hydrogen (secondary N) is 1. The molecule has 0 bridgehead atoms. The van der Waals surface area contributed by atoms with Crippen molar-refractivity contribution in [3.8, 4) is 5.69 Å². The van der Waals surface area contributed by atoms with Crippen molar-refractivity contribution < 1.29 is 8.42 Å². The van der Waals surface area contributed by atoms with E-state index in [1.807, 2.05) is 41.1 Å². The van der Waals surface area contributed by atoms with E-state index >= 15 is 0 Å². The zero-order valence-corrected chi connectivity index (χ0v) is 14.5. The predicted octanol–water partition coefficient (Wildman–Crippen LogP) is 1.81. The molecule has 6 nitrogen and oxygen atoms in total. The van der Waals surface area contributed by atoms with Crippen molar-refractivity contribution in [2.24, 2.45) is 5.73 Å². The number of fused-ring (bicyclic) bond motifs is 1. The number of benzene rings is 1. The van der Waals surface area contributed by atoms with Crippen LogP contribution in [0.1, 0.15) is 11.8 Å². The highest BCUT2D eigenvalue weighted by Crippen LogP contribution is 2.33. The zero-order valence-electron chi connectivity index (χ0n) is 12.9. The van der Waals surface area contributed by atoms with Gasteiger partial charge in [0.25, 0.3) is 0 Å².